The van der Waals surface area contributed by atoms with Gasteiger partial charge in [0.05, 0.1) is 6.04 Å². The summed E-state index contributed by atoms with van der Waals surface area (Å²) in [6, 6.07) is 9.21. The van der Waals surface area contributed by atoms with E-state index in [4.69, 9.17) is 0 Å². The number of imide groups is 1. The topological polar surface area (TPSA) is 78.5 Å². The Kier molecular flexibility index (Phi) is 6.06. The lowest BCUT2D eigenvalue weighted by atomic mass is 9.73. The van der Waals surface area contributed by atoms with Crippen molar-refractivity contribution in [2.45, 2.75) is 64.5 Å². The highest BCUT2D eigenvalue weighted by molar-refractivity contribution is 6.09. The first-order valence-corrected chi connectivity index (χ1v) is 10.3. The maximum Gasteiger partial charge on any atom is 0.325 e. The lowest BCUT2D eigenvalue weighted by Gasteiger charge is -2.36. The van der Waals surface area contributed by atoms with E-state index in [2.05, 4.69) is 24.5 Å². The van der Waals surface area contributed by atoms with Gasteiger partial charge in [-0.2, -0.15) is 0 Å². The van der Waals surface area contributed by atoms with Crippen molar-refractivity contribution in [1.29, 1.82) is 0 Å². The highest BCUT2D eigenvalue weighted by atomic mass is 16.2. The average Bonchev–Trinajstić information content (AvgIpc) is 2.89. The van der Waals surface area contributed by atoms with Crippen molar-refractivity contribution < 1.29 is 14.4 Å². The number of urea groups is 1. The lowest BCUT2D eigenvalue weighted by Crippen LogP contribution is -2.54. The van der Waals surface area contributed by atoms with Crippen LogP contribution in [0.2, 0.25) is 0 Å². The van der Waals surface area contributed by atoms with Gasteiger partial charge in [0.15, 0.2) is 0 Å². The van der Waals surface area contributed by atoms with Gasteiger partial charge in [-0.15, -0.1) is 0 Å². The molecular formula is C22H31N3O3. The van der Waals surface area contributed by atoms with E-state index in [-0.39, 0.29) is 30.3 Å². The lowest BCUT2D eigenvalue weighted by molar-refractivity contribution is -0.137. The number of nitrogens with one attached hydrogen (secondary N) is 2. The van der Waals surface area contributed by atoms with Gasteiger partial charge in [0.25, 0.3) is 5.91 Å². The van der Waals surface area contributed by atoms with Crippen molar-refractivity contribution in [3.05, 3.63) is 35.9 Å². The van der Waals surface area contributed by atoms with Gasteiger partial charge in [-0.3, -0.25) is 14.5 Å². The number of benzene rings is 1. The van der Waals surface area contributed by atoms with Crippen LogP contribution < -0.4 is 10.6 Å². The van der Waals surface area contributed by atoms with Crippen molar-refractivity contribution >= 4 is 17.8 Å². The second-order valence-corrected chi connectivity index (χ2v) is 8.60. The van der Waals surface area contributed by atoms with Gasteiger partial charge < -0.3 is 10.6 Å². The summed E-state index contributed by atoms with van der Waals surface area (Å²) in [4.78, 5) is 39.3. The van der Waals surface area contributed by atoms with E-state index in [1.54, 1.807) is 0 Å². The zero-order valence-corrected chi connectivity index (χ0v) is 17.0. The molecule has 28 heavy (non-hydrogen) atoms. The Bertz CT molecular complexity index is 734. The van der Waals surface area contributed by atoms with Gasteiger partial charge in [0.2, 0.25) is 5.91 Å². The number of carbonyl (C=O) groups excluding carboxylic acids is 3. The van der Waals surface area contributed by atoms with Crippen molar-refractivity contribution in [3.63, 3.8) is 0 Å². The Morgan fingerprint density at radius 2 is 1.96 bits per heavy atom. The summed E-state index contributed by atoms with van der Waals surface area (Å²) in [6.45, 7) is 5.98. The maximum atomic E-state index is 13.0. The minimum Gasteiger partial charge on any atom is -0.348 e. The van der Waals surface area contributed by atoms with Crippen LogP contribution in [0.5, 0.6) is 0 Å². The molecule has 152 valence electrons. The van der Waals surface area contributed by atoms with E-state index in [0.717, 1.165) is 36.1 Å². The Balaban J connectivity index is 1.69. The normalized spacial score (nSPS) is 25.9. The van der Waals surface area contributed by atoms with Crippen LogP contribution >= 0.6 is 0 Å². The Labute approximate surface area is 167 Å². The molecule has 0 radical (unpaired) electrons. The van der Waals surface area contributed by atoms with E-state index in [0.29, 0.717) is 12.3 Å². The molecule has 2 N–H and O–H groups in total. The molecule has 1 aromatic rings. The second kappa shape index (κ2) is 8.33. The molecule has 2 fully saturated rings. The van der Waals surface area contributed by atoms with Gasteiger partial charge in [-0.05, 0) is 36.7 Å². The van der Waals surface area contributed by atoms with E-state index >= 15 is 0 Å². The Morgan fingerprint density at radius 1 is 1.25 bits per heavy atom. The molecule has 6 nitrogen and oxygen atoms in total. The molecule has 4 amide bonds. The van der Waals surface area contributed by atoms with Gasteiger partial charge in [0.1, 0.15) is 12.1 Å². The molecule has 1 spiro atoms. The van der Waals surface area contributed by atoms with Crippen molar-refractivity contribution in [2.24, 2.45) is 11.8 Å². The monoisotopic (exact) mass is 385 g/mol. The molecule has 3 atom stereocenters. The number of amides is 4. The summed E-state index contributed by atoms with van der Waals surface area (Å²) in [6.07, 6.45) is 4.34. The van der Waals surface area contributed by atoms with Gasteiger partial charge in [0, 0.05) is 0 Å². The first kappa shape index (κ1) is 20.4. The summed E-state index contributed by atoms with van der Waals surface area (Å²) in [5, 5.41) is 5.92. The number of rotatable bonds is 6. The van der Waals surface area contributed by atoms with Gasteiger partial charge in [-0.1, -0.05) is 63.9 Å². The first-order chi connectivity index (χ1) is 13.3. The van der Waals surface area contributed by atoms with E-state index in [1.807, 2.05) is 37.3 Å². The zero-order chi connectivity index (χ0) is 20.3. The summed E-state index contributed by atoms with van der Waals surface area (Å²) < 4.78 is 0. The smallest absolute Gasteiger partial charge is 0.325 e. The third kappa shape index (κ3) is 4.05. The molecule has 1 aromatic carbocycles. The van der Waals surface area contributed by atoms with Crippen LogP contribution in [0, 0.1) is 11.8 Å². The van der Waals surface area contributed by atoms with Crippen LogP contribution in [0.3, 0.4) is 0 Å². The fourth-order valence-electron chi connectivity index (χ4n) is 4.46. The predicted octanol–water partition coefficient (Wildman–Crippen LogP) is 3.39. The molecular weight excluding hydrogens is 354 g/mol. The highest BCUT2D eigenvalue weighted by Gasteiger charge is 2.55. The molecule has 0 aromatic heterocycles. The highest BCUT2D eigenvalue weighted by Crippen LogP contribution is 2.38. The fourth-order valence-corrected chi connectivity index (χ4v) is 4.46. The van der Waals surface area contributed by atoms with Crippen LogP contribution in [0.15, 0.2) is 30.3 Å². The van der Waals surface area contributed by atoms with Crippen molar-refractivity contribution in [1.82, 2.24) is 15.5 Å². The minimum atomic E-state index is -0.827. The van der Waals surface area contributed by atoms with Crippen LogP contribution in [0.4, 0.5) is 4.79 Å². The third-order valence-corrected chi connectivity index (χ3v) is 6.05. The second-order valence-electron chi connectivity index (χ2n) is 8.60. The van der Waals surface area contributed by atoms with E-state index < -0.39 is 11.6 Å². The van der Waals surface area contributed by atoms with Crippen LogP contribution in [-0.4, -0.2) is 34.8 Å². The SMILES string of the molecule is CC(C)C[C@H](NC(=O)CN1C(=O)N[C@@]2(CCCC[C@H]2C)C1=O)c1ccccc1. The van der Waals surface area contributed by atoms with Crippen molar-refractivity contribution in [2.75, 3.05) is 6.54 Å². The third-order valence-electron chi connectivity index (χ3n) is 6.05. The summed E-state index contributed by atoms with van der Waals surface area (Å²) in [5.74, 6) is -0.0733. The molecule has 0 bridgehead atoms. The predicted molar refractivity (Wildman–Crippen MR) is 107 cm³/mol. The molecule has 6 heteroatoms. The van der Waals surface area contributed by atoms with E-state index in [9.17, 15) is 14.4 Å². The van der Waals surface area contributed by atoms with Crippen LogP contribution in [-0.2, 0) is 9.59 Å². The standard InChI is InChI=1S/C22H31N3O3/c1-15(2)13-18(17-10-5-4-6-11-17)23-19(26)14-25-20(27)22(24-21(25)28)12-8-7-9-16(22)3/h4-6,10-11,15-16,18H,7-9,12-14H2,1-3H3,(H,23,26)(H,24,28)/t16-,18+,22-/m1/s1. The number of carbonyl (C=O) groups is 3. The number of hydrogen-bond donors (Lipinski definition) is 2. The fraction of sp³-hybridized carbons (Fsp3) is 0.591. The molecule has 1 saturated heterocycles. The van der Waals surface area contributed by atoms with E-state index in [1.165, 1.54) is 0 Å². The molecule has 1 aliphatic heterocycles. The molecule has 2 aliphatic rings. The molecule has 1 heterocycles. The van der Waals surface area contributed by atoms with Crippen molar-refractivity contribution in [3.8, 4) is 0 Å². The number of nitrogens with zero attached hydrogens (tertiary/aromatic N) is 1. The average molecular weight is 386 g/mol. The summed E-state index contributed by atoms with van der Waals surface area (Å²) in [7, 11) is 0. The maximum absolute atomic E-state index is 13.0. The first-order valence-electron chi connectivity index (χ1n) is 10.3. The number of hydrogen-bond acceptors (Lipinski definition) is 3. The molecule has 3 rings (SSSR count). The molecule has 0 unspecified atom stereocenters. The summed E-state index contributed by atoms with van der Waals surface area (Å²) >= 11 is 0. The molecule has 1 saturated carbocycles. The van der Waals surface area contributed by atoms with Gasteiger partial charge >= 0.3 is 6.03 Å². The zero-order valence-electron chi connectivity index (χ0n) is 17.0. The quantitative estimate of drug-likeness (QED) is 0.737. The molecule has 1 aliphatic carbocycles. The Hall–Kier alpha value is -2.37. The van der Waals surface area contributed by atoms with Crippen LogP contribution in [0.25, 0.3) is 0 Å². The summed E-state index contributed by atoms with van der Waals surface area (Å²) in [5.41, 5.74) is 0.200. The van der Waals surface area contributed by atoms with Gasteiger partial charge in [-0.25, -0.2) is 4.79 Å². The Morgan fingerprint density at radius 3 is 2.61 bits per heavy atom. The minimum absolute atomic E-state index is 0.0868. The largest absolute Gasteiger partial charge is 0.348 e. The van der Waals surface area contributed by atoms with Crippen LogP contribution in [0.1, 0.15) is 64.5 Å².